The average Bonchev–Trinajstić information content (AvgIpc) is 2.71. The quantitative estimate of drug-likeness (QED) is 0.431. The van der Waals surface area contributed by atoms with Crippen molar-refractivity contribution in [3.05, 3.63) is 71.8 Å². The fourth-order valence-corrected chi connectivity index (χ4v) is 7.33. The minimum atomic E-state index is -4.94. The van der Waals surface area contributed by atoms with E-state index < -0.39 is 10.2 Å². The number of aryl methyl sites for hydroxylation is 2. The van der Waals surface area contributed by atoms with Crippen LogP contribution in [-0.4, -0.2) is 5.91 Å². The predicted octanol–water partition coefficient (Wildman–Crippen LogP) is 1.32. The van der Waals surface area contributed by atoms with Crippen molar-refractivity contribution < 1.29 is 33.7 Å². The van der Waals surface area contributed by atoms with E-state index in [-0.39, 0.29) is 16.8 Å². The van der Waals surface area contributed by atoms with Crippen LogP contribution in [0.25, 0.3) is 0 Å². The van der Waals surface area contributed by atoms with E-state index in [1.54, 1.807) is 6.92 Å². The molecule has 0 radical (unpaired) electrons. The second-order valence-electron chi connectivity index (χ2n) is 6.99. The van der Waals surface area contributed by atoms with E-state index in [4.69, 9.17) is 18.6 Å². The van der Waals surface area contributed by atoms with E-state index >= 15 is 0 Å². The molecule has 9 heteroatoms. The van der Waals surface area contributed by atoms with Crippen molar-refractivity contribution in [3.8, 4) is 0 Å². The van der Waals surface area contributed by atoms with Gasteiger partial charge in [0.25, 0.3) is 0 Å². The van der Waals surface area contributed by atoms with E-state index in [9.17, 15) is 4.79 Å². The van der Waals surface area contributed by atoms with Crippen molar-refractivity contribution in [1.82, 2.24) is 0 Å². The molecule has 0 spiro atoms. The third-order valence-electron chi connectivity index (χ3n) is 4.71. The summed E-state index contributed by atoms with van der Waals surface area (Å²) in [6, 6.07) is 21.7. The second-order valence-corrected chi connectivity index (χ2v) is 10.8. The zero-order valence-corrected chi connectivity index (χ0v) is 20.1. The van der Waals surface area contributed by atoms with Gasteiger partial charge in [-0.3, -0.25) is 4.79 Å². The van der Waals surface area contributed by atoms with Crippen LogP contribution in [0.1, 0.15) is 25.0 Å². The highest BCUT2D eigenvalue weighted by Crippen LogP contribution is 2.49. The van der Waals surface area contributed by atoms with E-state index in [2.05, 4.69) is 79.8 Å². The number of hydrogen-bond donors (Lipinski definition) is 1. The summed E-state index contributed by atoms with van der Waals surface area (Å²) in [5.41, 5.74) is 3.48. The van der Waals surface area contributed by atoms with Gasteiger partial charge in [-0.15, -0.1) is 10.2 Å². The Morgan fingerprint density at radius 2 is 1.44 bits per heavy atom. The number of carbonyl (C=O) groups is 1. The topological polar surface area (TPSA) is 121 Å². The molecule has 1 amide bonds. The highest BCUT2D eigenvalue weighted by molar-refractivity contribution is 8.04. The molecule has 1 heterocycles. The van der Waals surface area contributed by atoms with Crippen LogP contribution in [0.5, 0.6) is 0 Å². The molecule has 0 unspecified atom stereocenters. The SMILES string of the molecule is CCc1cc([S+]2c3ccccc3Sc3ccccc32)c(NC(C)=O)cc1C.[O-][Cl+3]([O-])([O-])[O-]. The van der Waals surface area contributed by atoms with Crippen molar-refractivity contribution in [2.45, 2.75) is 51.7 Å². The van der Waals surface area contributed by atoms with Crippen LogP contribution in [0.15, 0.2) is 85.1 Å². The van der Waals surface area contributed by atoms with E-state index in [1.165, 1.54) is 35.6 Å². The van der Waals surface area contributed by atoms with Crippen LogP contribution in [0.3, 0.4) is 0 Å². The number of hydrogen-bond acceptors (Lipinski definition) is 6. The fourth-order valence-electron chi connectivity index (χ4n) is 3.45. The molecule has 3 aromatic carbocycles. The highest BCUT2D eigenvalue weighted by atomic mass is 35.7. The Balaban J connectivity index is 0.000000523. The summed E-state index contributed by atoms with van der Waals surface area (Å²) in [7, 11) is -5.19. The van der Waals surface area contributed by atoms with E-state index in [0.29, 0.717) is 0 Å². The van der Waals surface area contributed by atoms with Crippen LogP contribution in [0.4, 0.5) is 5.69 Å². The normalized spacial score (nSPS) is 12.8. The molecule has 3 aromatic rings. The van der Waals surface area contributed by atoms with Gasteiger partial charge in [0.15, 0.2) is 14.7 Å². The van der Waals surface area contributed by atoms with Gasteiger partial charge in [0.2, 0.25) is 5.91 Å². The lowest BCUT2D eigenvalue weighted by Gasteiger charge is -2.21. The van der Waals surface area contributed by atoms with E-state index in [1.807, 2.05) is 11.8 Å². The number of rotatable bonds is 3. The molecule has 0 aromatic heterocycles. The maximum atomic E-state index is 11.9. The molecule has 1 aliphatic heterocycles. The summed E-state index contributed by atoms with van der Waals surface area (Å²) in [6.45, 7) is 5.89. The smallest absolute Gasteiger partial charge is 0.221 e. The van der Waals surface area contributed by atoms with Crippen molar-refractivity contribution in [2.24, 2.45) is 0 Å². The van der Waals surface area contributed by atoms with E-state index in [0.717, 1.165) is 12.1 Å². The summed E-state index contributed by atoms with van der Waals surface area (Å²) in [5, 5.41) is 3.09. The molecule has 168 valence electrons. The van der Waals surface area contributed by atoms with Gasteiger partial charge in [0.05, 0.1) is 15.5 Å². The zero-order valence-electron chi connectivity index (χ0n) is 17.7. The van der Waals surface area contributed by atoms with Gasteiger partial charge in [-0.05, 0) is 60.9 Å². The lowest BCUT2D eigenvalue weighted by Crippen LogP contribution is -2.68. The van der Waals surface area contributed by atoms with Gasteiger partial charge in [-0.1, -0.05) is 43.0 Å². The third kappa shape index (κ3) is 6.05. The van der Waals surface area contributed by atoms with Gasteiger partial charge >= 0.3 is 0 Å². The summed E-state index contributed by atoms with van der Waals surface area (Å²) >= 11 is 1.83. The molecule has 32 heavy (non-hydrogen) atoms. The van der Waals surface area contributed by atoms with Gasteiger partial charge in [0.1, 0.15) is 10.9 Å². The Morgan fingerprint density at radius 1 is 0.938 bits per heavy atom. The number of amides is 1. The molecule has 0 atom stereocenters. The van der Waals surface area contributed by atoms with Crippen LogP contribution < -0.4 is 24.0 Å². The fraction of sp³-hybridized carbons (Fsp3) is 0.174. The average molecular weight is 492 g/mol. The van der Waals surface area contributed by atoms with Crippen molar-refractivity contribution >= 4 is 34.3 Å². The van der Waals surface area contributed by atoms with Crippen LogP contribution in [0, 0.1) is 17.2 Å². The monoisotopic (exact) mass is 491 g/mol. The lowest BCUT2D eigenvalue weighted by molar-refractivity contribution is -2.00. The highest BCUT2D eigenvalue weighted by Gasteiger charge is 2.39. The number of benzene rings is 3. The first-order valence-electron chi connectivity index (χ1n) is 9.71. The summed E-state index contributed by atoms with van der Waals surface area (Å²) in [6.07, 6.45) is 0.981. The Bertz CT molecular complexity index is 1080. The van der Waals surface area contributed by atoms with Gasteiger partial charge in [-0.25, -0.2) is 18.6 Å². The number of fused-ring (bicyclic) bond motifs is 2. The summed E-state index contributed by atoms with van der Waals surface area (Å²) < 4.78 is 34.0. The molecule has 0 saturated carbocycles. The number of carbonyl (C=O) groups excluding carboxylic acids is 1. The number of nitrogens with one attached hydrogen (secondary N) is 1. The first-order valence-corrected chi connectivity index (χ1v) is 13.0. The molecular weight excluding hydrogens is 470 g/mol. The Morgan fingerprint density at radius 3 is 1.91 bits per heavy atom. The molecule has 4 rings (SSSR count). The minimum Gasteiger partial charge on any atom is -0.322 e. The molecule has 0 saturated heterocycles. The molecule has 6 nitrogen and oxygen atoms in total. The molecular formula is C23H22ClNO5S2. The maximum absolute atomic E-state index is 11.9. The summed E-state index contributed by atoms with van der Waals surface area (Å²) in [4.78, 5) is 18.4. The third-order valence-corrected chi connectivity index (χ3v) is 8.49. The molecule has 0 fully saturated rings. The van der Waals surface area contributed by atoms with Gasteiger partial charge in [0, 0.05) is 6.92 Å². The molecule has 0 aliphatic carbocycles. The minimum absolute atomic E-state index is 0.0311. The Labute approximate surface area is 196 Å². The lowest BCUT2D eigenvalue weighted by atomic mass is 10.1. The standard InChI is InChI=1S/C23H21NOS2.ClHO4/c1-4-17-14-23(18(13-15(17)2)24-16(3)25)27-21-11-7-5-9-19(21)26-20-10-6-8-12-22(20)27;2-1(3,4)5/h5-14H,4H2,1-3H3;(H,2,3,4,5). The van der Waals surface area contributed by atoms with Crippen molar-refractivity contribution in [3.63, 3.8) is 0 Å². The number of halogens is 1. The predicted molar refractivity (Wildman–Crippen MR) is 114 cm³/mol. The molecule has 0 bridgehead atoms. The Kier molecular flexibility index (Phi) is 7.89. The number of anilines is 1. The van der Waals surface area contributed by atoms with Crippen LogP contribution in [0.2, 0.25) is 0 Å². The van der Waals surface area contributed by atoms with Crippen LogP contribution in [-0.2, 0) is 22.1 Å². The summed E-state index contributed by atoms with van der Waals surface area (Å²) in [5.74, 6) is -0.0311. The maximum Gasteiger partial charge on any atom is 0.221 e. The first kappa shape index (κ1) is 24.6. The van der Waals surface area contributed by atoms with Crippen molar-refractivity contribution in [2.75, 3.05) is 5.32 Å². The molecule has 1 N–H and O–H groups in total. The van der Waals surface area contributed by atoms with Crippen LogP contribution >= 0.6 is 11.8 Å². The molecule has 1 aliphatic rings. The largest absolute Gasteiger partial charge is 0.322 e. The first-order chi connectivity index (χ1) is 15.1. The van der Waals surface area contributed by atoms with Gasteiger partial charge in [-0.2, -0.15) is 0 Å². The Hall–Kier alpha value is -2.04. The zero-order chi connectivity index (χ0) is 23.5. The van der Waals surface area contributed by atoms with Crippen molar-refractivity contribution in [1.29, 1.82) is 0 Å². The second kappa shape index (κ2) is 10.3. The van der Waals surface area contributed by atoms with Gasteiger partial charge < -0.3 is 5.32 Å².